The molecule has 0 spiro atoms. The van der Waals surface area contributed by atoms with Crippen LogP contribution in [0.5, 0.6) is 0 Å². The van der Waals surface area contributed by atoms with Gasteiger partial charge in [-0.25, -0.2) is 0 Å². The summed E-state index contributed by atoms with van der Waals surface area (Å²) < 4.78 is 1.72. The molecule has 1 aliphatic heterocycles. The standard InChI is InChI=1S/C24H30N6O2/c1-19-4-5-21(14-22(19)26-15-20-6-9-25-10-7-20)23(31)29-13-12-28(2)16-24(32,17-29)18-30-11-3-8-27-30/h3-11,14,26,32H,12-13,15-18H2,1-2H3/t24-/m1/s1. The van der Waals surface area contributed by atoms with Crippen LogP contribution in [-0.2, 0) is 13.1 Å². The maximum Gasteiger partial charge on any atom is 0.254 e. The molecule has 8 heteroatoms. The van der Waals surface area contributed by atoms with Crippen molar-refractivity contribution in [3.63, 3.8) is 0 Å². The van der Waals surface area contributed by atoms with E-state index >= 15 is 0 Å². The van der Waals surface area contributed by atoms with Gasteiger partial charge < -0.3 is 20.2 Å². The lowest BCUT2D eigenvalue weighted by Gasteiger charge is -2.32. The first-order valence-corrected chi connectivity index (χ1v) is 10.8. The molecule has 1 aromatic carbocycles. The fourth-order valence-electron chi connectivity index (χ4n) is 4.15. The minimum absolute atomic E-state index is 0.0776. The summed E-state index contributed by atoms with van der Waals surface area (Å²) in [6.07, 6.45) is 7.06. The van der Waals surface area contributed by atoms with Crippen molar-refractivity contribution in [3.8, 4) is 0 Å². The van der Waals surface area contributed by atoms with E-state index in [2.05, 4.69) is 20.3 Å². The molecule has 0 radical (unpaired) electrons. The second kappa shape index (κ2) is 9.50. The third kappa shape index (κ3) is 5.33. The molecule has 1 atom stereocenters. The predicted molar refractivity (Wildman–Crippen MR) is 123 cm³/mol. The Kier molecular flexibility index (Phi) is 6.53. The Bertz CT molecular complexity index is 1040. The molecular formula is C24H30N6O2. The molecule has 0 bridgehead atoms. The first-order valence-electron chi connectivity index (χ1n) is 10.8. The molecule has 2 aromatic heterocycles. The predicted octanol–water partition coefficient (Wildman–Crippen LogP) is 2.02. The molecule has 1 fully saturated rings. The van der Waals surface area contributed by atoms with Crippen LogP contribution < -0.4 is 5.32 Å². The van der Waals surface area contributed by atoms with E-state index in [0.29, 0.717) is 38.3 Å². The average Bonchev–Trinajstić information content (AvgIpc) is 3.23. The van der Waals surface area contributed by atoms with Crippen LogP contribution in [0.4, 0.5) is 5.69 Å². The summed E-state index contributed by atoms with van der Waals surface area (Å²) in [6, 6.07) is 11.5. The van der Waals surface area contributed by atoms with Gasteiger partial charge in [0.25, 0.3) is 5.91 Å². The van der Waals surface area contributed by atoms with Crippen LogP contribution in [0.25, 0.3) is 0 Å². The van der Waals surface area contributed by atoms with Crippen LogP contribution in [0, 0.1) is 6.92 Å². The number of carbonyl (C=O) groups excluding carboxylic acids is 1. The van der Waals surface area contributed by atoms with E-state index in [1.54, 1.807) is 28.2 Å². The van der Waals surface area contributed by atoms with Crippen LogP contribution >= 0.6 is 0 Å². The van der Waals surface area contributed by atoms with Gasteiger partial charge in [0.05, 0.1) is 13.1 Å². The van der Waals surface area contributed by atoms with Gasteiger partial charge in [0.15, 0.2) is 0 Å². The molecule has 0 unspecified atom stereocenters. The van der Waals surface area contributed by atoms with Gasteiger partial charge in [-0.2, -0.15) is 5.10 Å². The number of hydrogen-bond acceptors (Lipinski definition) is 6. The van der Waals surface area contributed by atoms with E-state index in [4.69, 9.17) is 0 Å². The second-order valence-corrected chi connectivity index (χ2v) is 8.63. The smallest absolute Gasteiger partial charge is 0.254 e. The summed E-state index contributed by atoms with van der Waals surface area (Å²) in [7, 11) is 1.97. The van der Waals surface area contributed by atoms with E-state index in [0.717, 1.165) is 16.8 Å². The Balaban J connectivity index is 1.50. The van der Waals surface area contributed by atoms with E-state index in [1.165, 1.54) is 0 Å². The number of carbonyl (C=O) groups is 1. The van der Waals surface area contributed by atoms with Crippen LogP contribution in [0.1, 0.15) is 21.5 Å². The highest BCUT2D eigenvalue weighted by Crippen LogP contribution is 2.22. The number of nitrogens with zero attached hydrogens (tertiary/aromatic N) is 5. The van der Waals surface area contributed by atoms with Crippen LogP contribution in [0.15, 0.2) is 61.2 Å². The summed E-state index contributed by atoms with van der Waals surface area (Å²) >= 11 is 0. The summed E-state index contributed by atoms with van der Waals surface area (Å²) in [4.78, 5) is 21.3. The van der Waals surface area contributed by atoms with E-state index < -0.39 is 5.60 Å². The lowest BCUT2D eigenvalue weighted by molar-refractivity contribution is -0.0137. The molecule has 0 saturated carbocycles. The first-order chi connectivity index (χ1) is 15.4. The average molecular weight is 435 g/mol. The largest absolute Gasteiger partial charge is 0.385 e. The fraction of sp³-hybridized carbons (Fsp3) is 0.375. The molecule has 3 aromatic rings. The van der Waals surface area contributed by atoms with Gasteiger partial charge >= 0.3 is 0 Å². The van der Waals surface area contributed by atoms with E-state index in [-0.39, 0.29) is 12.5 Å². The number of benzene rings is 1. The Hall–Kier alpha value is -3.23. The Morgan fingerprint density at radius 2 is 1.97 bits per heavy atom. The number of amides is 1. The molecule has 8 nitrogen and oxygen atoms in total. The van der Waals surface area contributed by atoms with Crippen LogP contribution in [-0.4, -0.2) is 74.4 Å². The van der Waals surface area contributed by atoms with Crippen molar-refractivity contribution in [1.82, 2.24) is 24.6 Å². The van der Waals surface area contributed by atoms with Gasteiger partial charge in [-0.15, -0.1) is 0 Å². The molecule has 2 N–H and O–H groups in total. The second-order valence-electron chi connectivity index (χ2n) is 8.63. The molecule has 1 aliphatic rings. The lowest BCUT2D eigenvalue weighted by atomic mass is 10.0. The monoisotopic (exact) mass is 434 g/mol. The number of β-amino-alcohol motifs (C(OH)–C–C–N with tert-alkyl or cyclic N) is 1. The van der Waals surface area contributed by atoms with Crippen LogP contribution in [0.3, 0.4) is 0 Å². The maximum atomic E-state index is 13.4. The highest BCUT2D eigenvalue weighted by molar-refractivity contribution is 5.95. The van der Waals surface area contributed by atoms with Crippen molar-refractivity contribution in [3.05, 3.63) is 77.9 Å². The highest BCUT2D eigenvalue weighted by atomic mass is 16.3. The maximum absolute atomic E-state index is 13.4. The number of anilines is 1. The number of aryl methyl sites for hydroxylation is 1. The molecule has 168 valence electrons. The molecule has 4 rings (SSSR count). The van der Waals surface area contributed by atoms with Gasteiger partial charge in [0.1, 0.15) is 5.60 Å². The number of pyridine rings is 1. The molecule has 1 saturated heterocycles. The van der Waals surface area contributed by atoms with Gasteiger partial charge in [-0.05, 0) is 55.4 Å². The Morgan fingerprint density at radius 1 is 1.16 bits per heavy atom. The van der Waals surface area contributed by atoms with Crippen molar-refractivity contribution < 1.29 is 9.90 Å². The number of aliphatic hydroxyl groups is 1. The Labute approximate surface area is 188 Å². The third-order valence-electron chi connectivity index (χ3n) is 5.82. The zero-order valence-electron chi connectivity index (χ0n) is 18.6. The molecular weight excluding hydrogens is 404 g/mol. The highest BCUT2D eigenvalue weighted by Gasteiger charge is 2.36. The third-order valence-corrected chi connectivity index (χ3v) is 5.82. The lowest BCUT2D eigenvalue weighted by Crippen LogP contribution is -2.50. The normalized spacial score (nSPS) is 19.5. The summed E-state index contributed by atoms with van der Waals surface area (Å²) in [6.45, 7) is 5.00. The van der Waals surface area contributed by atoms with Crippen molar-refractivity contribution >= 4 is 11.6 Å². The molecule has 3 heterocycles. The summed E-state index contributed by atoms with van der Waals surface area (Å²) in [5.41, 5.74) is 2.64. The quantitative estimate of drug-likeness (QED) is 0.617. The van der Waals surface area contributed by atoms with Gasteiger partial charge in [0, 0.05) is 62.2 Å². The number of aromatic nitrogens is 3. The van der Waals surface area contributed by atoms with Crippen LogP contribution in [0.2, 0.25) is 0 Å². The fourth-order valence-corrected chi connectivity index (χ4v) is 4.15. The summed E-state index contributed by atoms with van der Waals surface area (Å²) in [5, 5.41) is 19.0. The topological polar surface area (TPSA) is 86.5 Å². The minimum Gasteiger partial charge on any atom is -0.385 e. The summed E-state index contributed by atoms with van der Waals surface area (Å²) in [5.74, 6) is -0.0776. The number of hydrogen-bond donors (Lipinski definition) is 2. The number of nitrogens with one attached hydrogen (secondary N) is 1. The van der Waals surface area contributed by atoms with Crippen molar-refractivity contribution in [2.24, 2.45) is 0 Å². The van der Waals surface area contributed by atoms with Gasteiger partial charge in [0.2, 0.25) is 0 Å². The number of likely N-dealkylation sites (N-methyl/N-ethyl adjacent to an activating group) is 1. The van der Waals surface area contributed by atoms with Crippen molar-refractivity contribution in [2.45, 2.75) is 25.6 Å². The molecule has 1 amide bonds. The van der Waals surface area contributed by atoms with Gasteiger partial charge in [-0.1, -0.05) is 6.07 Å². The Morgan fingerprint density at radius 3 is 2.72 bits per heavy atom. The van der Waals surface area contributed by atoms with Gasteiger partial charge in [-0.3, -0.25) is 14.5 Å². The van der Waals surface area contributed by atoms with E-state index in [9.17, 15) is 9.90 Å². The zero-order chi connectivity index (χ0) is 22.6. The number of rotatable bonds is 6. The SMILES string of the molecule is Cc1ccc(C(=O)N2CCN(C)C[C@](O)(Cn3cccn3)C2)cc1NCc1ccncc1. The molecule has 32 heavy (non-hydrogen) atoms. The first kappa shape index (κ1) is 22.0. The molecule has 0 aliphatic carbocycles. The van der Waals surface area contributed by atoms with Crippen molar-refractivity contribution in [1.29, 1.82) is 0 Å². The van der Waals surface area contributed by atoms with E-state index in [1.807, 2.05) is 56.6 Å². The zero-order valence-corrected chi connectivity index (χ0v) is 18.6. The van der Waals surface area contributed by atoms with Crippen molar-refractivity contribution in [2.75, 3.05) is 38.5 Å². The minimum atomic E-state index is -1.08.